The van der Waals surface area contributed by atoms with Crippen LogP contribution < -0.4 is 27.4 Å². The van der Waals surface area contributed by atoms with Crippen molar-refractivity contribution in [3.8, 4) is 0 Å². The molecule has 0 saturated carbocycles. The summed E-state index contributed by atoms with van der Waals surface area (Å²) in [7, 11) is 0. The molecule has 0 radical (unpaired) electrons. The molecule has 0 aliphatic heterocycles. The van der Waals surface area contributed by atoms with E-state index in [1.54, 1.807) is 24.4 Å². The van der Waals surface area contributed by atoms with Crippen molar-refractivity contribution >= 4 is 46.5 Å². The van der Waals surface area contributed by atoms with Crippen LogP contribution in [0.2, 0.25) is 0 Å². The zero-order chi connectivity index (χ0) is 26.8. The fraction of sp³-hybridized carbons (Fsp3) is 0.364. The number of aliphatic carboxylic acids is 2. The Morgan fingerprint density at radius 3 is 2.22 bits per heavy atom. The number of aromatic nitrogens is 1. The molecule has 36 heavy (non-hydrogen) atoms. The van der Waals surface area contributed by atoms with Crippen molar-refractivity contribution in [1.29, 1.82) is 0 Å². The average Bonchev–Trinajstić information content (AvgIpc) is 3.22. The SMILES string of the molecule is NC(=O)CC(NC(=O)C(N)CCC(=O)O)C(=O)NC(Cc1c[nH]c2ccccc12)C(=O)NCC(=O)O. The predicted octanol–water partition coefficient (Wildman–Crippen LogP) is -2.05. The largest absolute Gasteiger partial charge is 0.481 e. The summed E-state index contributed by atoms with van der Waals surface area (Å²) < 4.78 is 0. The van der Waals surface area contributed by atoms with E-state index < -0.39 is 73.1 Å². The Morgan fingerprint density at radius 2 is 1.58 bits per heavy atom. The summed E-state index contributed by atoms with van der Waals surface area (Å²) in [6.45, 7) is -0.695. The minimum atomic E-state index is -1.51. The maximum Gasteiger partial charge on any atom is 0.322 e. The Bertz CT molecular complexity index is 1150. The highest BCUT2D eigenvalue weighted by Gasteiger charge is 2.30. The highest BCUT2D eigenvalue weighted by Crippen LogP contribution is 2.19. The molecule has 0 aliphatic carbocycles. The standard InChI is InChI=1S/C22H28N6O8/c23-13(5-6-18(30)31)20(34)27-16(8-17(24)29)22(36)28-15(21(35)26-10-19(32)33)7-11-9-25-14-4-2-1-3-12(11)14/h1-4,9,13,15-16,25H,5-8,10,23H2,(H2,24,29)(H,26,35)(H,27,34)(H,28,36)(H,30,31)(H,32,33). The van der Waals surface area contributed by atoms with Crippen molar-refractivity contribution in [2.45, 2.75) is 43.8 Å². The number of hydrogen-bond donors (Lipinski definition) is 8. The summed E-state index contributed by atoms with van der Waals surface area (Å²) in [5.41, 5.74) is 12.3. The van der Waals surface area contributed by atoms with Gasteiger partial charge in [-0.2, -0.15) is 0 Å². The molecule has 10 N–H and O–H groups in total. The van der Waals surface area contributed by atoms with Gasteiger partial charge in [0.2, 0.25) is 23.6 Å². The van der Waals surface area contributed by atoms with Crippen molar-refractivity contribution in [3.05, 3.63) is 36.0 Å². The van der Waals surface area contributed by atoms with Gasteiger partial charge in [-0.05, 0) is 18.1 Å². The summed E-state index contributed by atoms with van der Waals surface area (Å²) in [4.78, 5) is 74.2. The van der Waals surface area contributed by atoms with Gasteiger partial charge in [0.1, 0.15) is 18.6 Å². The van der Waals surface area contributed by atoms with E-state index in [0.29, 0.717) is 5.56 Å². The second-order valence-electron chi connectivity index (χ2n) is 8.01. The first-order valence-corrected chi connectivity index (χ1v) is 10.9. The molecule has 2 rings (SSSR count). The molecule has 1 aromatic heterocycles. The van der Waals surface area contributed by atoms with Crippen molar-refractivity contribution in [1.82, 2.24) is 20.9 Å². The Kier molecular flexibility index (Phi) is 9.92. The maximum absolute atomic E-state index is 13.0. The average molecular weight is 505 g/mol. The summed E-state index contributed by atoms with van der Waals surface area (Å²) in [6.07, 6.45) is 0.360. The molecule has 0 saturated heterocycles. The van der Waals surface area contributed by atoms with Crippen LogP contribution in [0.25, 0.3) is 10.9 Å². The van der Waals surface area contributed by atoms with Crippen LogP contribution >= 0.6 is 0 Å². The lowest BCUT2D eigenvalue weighted by atomic mass is 10.0. The summed E-state index contributed by atoms with van der Waals surface area (Å²) >= 11 is 0. The van der Waals surface area contributed by atoms with Crippen molar-refractivity contribution in [2.24, 2.45) is 11.5 Å². The molecule has 4 amide bonds. The molecule has 2 aromatic rings. The molecule has 1 aromatic carbocycles. The van der Waals surface area contributed by atoms with E-state index in [1.165, 1.54) is 0 Å². The van der Waals surface area contributed by atoms with Gasteiger partial charge in [-0.15, -0.1) is 0 Å². The maximum atomic E-state index is 13.0. The topological polar surface area (TPSA) is 247 Å². The first kappa shape index (κ1) is 27.8. The first-order valence-electron chi connectivity index (χ1n) is 10.9. The van der Waals surface area contributed by atoms with Crippen molar-refractivity contribution < 1.29 is 39.0 Å². The van der Waals surface area contributed by atoms with Crippen LogP contribution in [0, 0.1) is 0 Å². The molecular weight excluding hydrogens is 476 g/mol. The fourth-order valence-electron chi connectivity index (χ4n) is 3.39. The highest BCUT2D eigenvalue weighted by molar-refractivity contribution is 5.96. The van der Waals surface area contributed by atoms with E-state index in [0.717, 1.165) is 10.9 Å². The van der Waals surface area contributed by atoms with Crippen molar-refractivity contribution in [2.75, 3.05) is 6.54 Å². The monoisotopic (exact) mass is 504 g/mol. The van der Waals surface area contributed by atoms with E-state index >= 15 is 0 Å². The smallest absolute Gasteiger partial charge is 0.322 e. The first-order chi connectivity index (χ1) is 17.0. The van der Waals surface area contributed by atoms with Gasteiger partial charge in [0.05, 0.1) is 12.5 Å². The Morgan fingerprint density at radius 1 is 0.917 bits per heavy atom. The molecule has 0 aliphatic rings. The molecule has 0 fully saturated rings. The van der Waals surface area contributed by atoms with Gasteiger partial charge >= 0.3 is 11.9 Å². The molecule has 194 valence electrons. The van der Waals surface area contributed by atoms with Crippen LogP contribution in [0.5, 0.6) is 0 Å². The number of carboxylic acids is 2. The minimum absolute atomic E-state index is 0.0451. The third-order valence-corrected chi connectivity index (χ3v) is 5.19. The molecule has 1 heterocycles. The molecule has 14 nitrogen and oxygen atoms in total. The lowest BCUT2D eigenvalue weighted by Crippen LogP contribution is -2.57. The fourth-order valence-corrected chi connectivity index (χ4v) is 3.39. The molecule has 14 heteroatoms. The van der Waals surface area contributed by atoms with Crippen molar-refractivity contribution in [3.63, 3.8) is 0 Å². The number of nitrogens with two attached hydrogens (primary N) is 2. The van der Waals surface area contributed by atoms with Gasteiger partial charge in [0.15, 0.2) is 0 Å². The van der Waals surface area contributed by atoms with Crippen LogP contribution in [-0.2, 0) is 35.2 Å². The lowest BCUT2D eigenvalue weighted by Gasteiger charge is -2.23. The zero-order valence-corrected chi connectivity index (χ0v) is 19.2. The molecule has 3 unspecified atom stereocenters. The third-order valence-electron chi connectivity index (χ3n) is 5.19. The number of carbonyl (C=O) groups excluding carboxylic acids is 4. The highest BCUT2D eigenvalue weighted by atomic mass is 16.4. The number of para-hydroxylation sites is 1. The van der Waals surface area contributed by atoms with E-state index in [2.05, 4.69) is 20.9 Å². The number of H-pyrrole nitrogens is 1. The second-order valence-corrected chi connectivity index (χ2v) is 8.01. The van der Waals surface area contributed by atoms with Crippen LogP contribution in [-0.4, -0.2) is 75.4 Å². The number of hydrogen-bond acceptors (Lipinski definition) is 7. The Labute approximate surface area is 204 Å². The van der Waals surface area contributed by atoms with Gasteiger partial charge in [-0.25, -0.2) is 0 Å². The van der Waals surface area contributed by atoms with Gasteiger partial charge in [0.25, 0.3) is 0 Å². The van der Waals surface area contributed by atoms with Crippen LogP contribution in [0.1, 0.15) is 24.8 Å². The van der Waals surface area contributed by atoms with Gasteiger partial charge in [0, 0.05) is 29.9 Å². The van der Waals surface area contributed by atoms with Crippen LogP contribution in [0.3, 0.4) is 0 Å². The van der Waals surface area contributed by atoms with Gasteiger partial charge < -0.3 is 42.6 Å². The third kappa shape index (κ3) is 8.39. The number of carboxylic acid groups (broad SMARTS) is 2. The lowest BCUT2D eigenvalue weighted by molar-refractivity contribution is -0.139. The second kappa shape index (κ2) is 12.9. The number of rotatable bonds is 14. The van der Waals surface area contributed by atoms with Gasteiger partial charge in [-0.3, -0.25) is 28.8 Å². The number of primary amides is 1. The number of nitrogens with one attached hydrogen (secondary N) is 4. The summed E-state index contributed by atoms with van der Waals surface area (Å²) in [5.74, 6) is -6.03. The summed E-state index contributed by atoms with van der Waals surface area (Å²) in [5, 5.41) is 25.3. The Balaban J connectivity index is 2.21. The number of benzene rings is 1. The van der Waals surface area contributed by atoms with Gasteiger partial charge in [-0.1, -0.05) is 18.2 Å². The van der Waals surface area contributed by atoms with Crippen LogP contribution in [0.4, 0.5) is 0 Å². The molecule has 3 atom stereocenters. The normalized spacial score (nSPS) is 13.2. The quantitative estimate of drug-likeness (QED) is 0.141. The van der Waals surface area contributed by atoms with E-state index in [9.17, 15) is 28.8 Å². The number of amides is 4. The van der Waals surface area contributed by atoms with E-state index in [-0.39, 0.29) is 12.8 Å². The predicted molar refractivity (Wildman–Crippen MR) is 125 cm³/mol. The van der Waals surface area contributed by atoms with E-state index in [1.807, 2.05) is 6.07 Å². The number of aromatic amines is 1. The number of carbonyl (C=O) groups is 6. The molecule has 0 bridgehead atoms. The minimum Gasteiger partial charge on any atom is -0.481 e. The zero-order valence-electron chi connectivity index (χ0n) is 19.2. The Hall–Kier alpha value is -4.46. The molecule has 0 spiro atoms. The van der Waals surface area contributed by atoms with E-state index in [4.69, 9.17) is 21.7 Å². The molecular formula is C22H28N6O8. The number of fused-ring (bicyclic) bond motifs is 1. The summed E-state index contributed by atoms with van der Waals surface area (Å²) in [6, 6.07) is 3.13. The van der Waals surface area contributed by atoms with Crippen LogP contribution in [0.15, 0.2) is 30.5 Å².